The summed E-state index contributed by atoms with van der Waals surface area (Å²) in [4.78, 5) is 16.7. The van der Waals surface area contributed by atoms with E-state index in [0.717, 1.165) is 23.2 Å². The van der Waals surface area contributed by atoms with Crippen molar-refractivity contribution in [3.05, 3.63) is 59.7 Å². The van der Waals surface area contributed by atoms with Gasteiger partial charge in [0.25, 0.3) is 0 Å². The third-order valence-corrected chi connectivity index (χ3v) is 5.07. The van der Waals surface area contributed by atoms with Gasteiger partial charge in [0.05, 0.1) is 16.8 Å². The van der Waals surface area contributed by atoms with Crippen LogP contribution < -0.4 is 5.32 Å². The summed E-state index contributed by atoms with van der Waals surface area (Å²) in [6.07, 6.45) is -4.48. The van der Waals surface area contributed by atoms with Gasteiger partial charge < -0.3 is 5.32 Å². The second kappa shape index (κ2) is 7.66. The molecular formula is C18H13F3N6OS. The number of nitrogens with zero attached hydrogens (tertiary/aromatic N) is 5. The van der Waals surface area contributed by atoms with E-state index in [4.69, 9.17) is 0 Å². The molecule has 148 valence electrons. The Balaban J connectivity index is 1.46. The third-order valence-electron chi connectivity index (χ3n) is 4.14. The normalized spacial score (nSPS) is 11.8. The van der Waals surface area contributed by atoms with Crippen LogP contribution in [0.15, 0.2) is 53.7 Å². The van der Waals surface area contributed by atoms with Gasteiger partial charge in [0.1, 0.15) is 0 Å². The van der Waals surface area contributed by atoms with Crippen LogP contribution in [0.25, 0.3) is 16.6 Å². The zero-order valence-corrected chi connectivity index (χ0v) is 15.5. The van der Waals surface area contributed by atoms with Crippen molar-refractivity contribution in [2.45, 2.75) is 17.9 Å². The fourth-order valence-electron chi connectivity index (χ4n) is 2.81. The number of nitrogens with one attached hydrogen (secondary N) is 1. The lowest BCUT2D eigenvalue weighted by Gasteiger charge is -2.13. The fourth-order valence-corrected chi connectivity index (χ4v) is 3.58. The van der Waals surface area contributed by atoms with E-state index in [9.17, 15) is 18.0 Å². The number of rotatable bonds is 5. The summed E-state index contributed by atoms with van der Waals surface area (Å²) in [6, 6.07) is 12.5. The molecule has 0 radical (unpaired) electrons. The van der Waals surface area contributed by atoms with Crippen LogP contribution >= 0.6 is 11.8 Å². The number of hydrogen-bond donors (Lipinski definition) is 1. The maximum absolute atomic E-state index is 13.0. The van der Waals surface area contributed by atoms with E-state index < -0.39 is 17.6 Å². The van der Waals surface area contributed by atoms with Gasteiger partial charge >= 0.3 is 6.18 Å². The molecule has 4 aromatic rings. The van der Waals surface area contributed by atoms with Gasteiger partial charge in [-0.3, -0.25) is 4.79 Å². The van der Waals surface area contributed by atoms with Crippen LogP contribution in [-0.4, -0.2) is 36.7 Å². The quantitative estimate of drug-likeness (QED) is 0.396. The summed E-state index contributed by atoms with van der Waals surface area (Å²) in [5.74, 6) is -0.475. The molecule has 0 spiro atoms. The Bertz CT molecular complexity index is 1190. The monoisotopic (exact) mass is 418 g/mol. The van der Waals surface area contributed by atoms with Crippen molar-refractivity contribution >= 4 is 34.2 Å². The molecule has 0 aliphatic carbocycles. The number of fused-ring (bicyclic) bond motifs is 3. The van der Waals surface area contributed by atoms with Crippen molar-refractivity contribution in [3.8, 4) is 0 Å². The third kappa shape index (κ3) is 3.99. The van der Waals surface area contributed by atoms with Crippen LogP contribution in [0.5, 0.6) is 0 Å². The highest BCUT2D eigenvalue weighted by Crippen LogP contribution is 2.31. The van der Waals surface area contributed by atoms with Gasteiger partial charge in [-0.2, -0.15) is 17.7 Å². The van der Waals surface area contributed by atoms with Gasteiger partial charge in [-0.05, 0) is 34.2 Å². The largest absolute Gasteiger partial charge is 0.416 e. The Morgan fingerprint density at radius 1 is 1.10 bits per heavy atom. The first-order valence-corrected chi connectivity index (χ1v) is 9.43. The molecule has 29 heavy (non-hydrogen) atoms. The number of carbonyl (C=O) groups is 1. The second-order valence-corrected chi connectivity index (χ2v) is 6.99. The molecule has 1 N–H and O–H groups in total. The van der Waals surface area contributed by atoms with E-state index in [1.807, 2.05) is 24.3 Å². The Labute approximate surface area is 166 Å². The van der Waals surface area contributed by atoms with Gasteiger partial charge in [0, 0.05) is 11.9 Å². The highest BCUT2D eigenvalue weighted by molar-refractivity contribution is 7.99. The fraction of sp³-hybridized carbons (Fsp3) is 0.167. The minimum absolute atomic E-state index is 0.00467. The lowest BCUT2D eigenvalue weighted by atomic mass is 10.1. The molecule has 0 bridgehead atoms. The smallest absolute Gasteiger partial charge is 0.351 e. The van der Waals surface area contributed by atoms with Crippen LogP contribution in [0.3, 0.4) is 0 Å². The summed E-state index contributed by atoms with van der Waals surface area (Å²) >= 11 is 1.10. The number of benzene rings is 2. The van der Waals surface area contributed by atoms with Crippen LogP contribution in [0.4, 0.5) is 13.2 Å². The van der Waals surface area contributed by atoms with Crippen LogP contribution in [-0.2, 0) is 17.5 Å². The van der Waals surface area contributed by atoms with Crippen molar-refractivity contribution in [3.63, 3.8) is 0 Å². The molecule has 0 aliphatic rings. The molecule has 1 amide bonds. The van der Waals surface area contributed by atoms with E-state index in [2.05, 4.69) is 25.8 Å². The van der Waals surface area contributed by atoms with Crippen LogP contribution in [0, 0.1) is 0 Å². The standard InChI is InChI=1S/C18H13F3N6OS/c19-18(20,21)13-7-3-1-5-11(13)9-22-15(28)10-29-17-23-14-8-4-2-6-12(14)16-24-25-26-27(16)17/h1-8H,9-10H2,(H,22,28). The average molecular weight is 418 g/mol. The number of alkyl halides is 3. The van der Waals surface area contributed by atoms with Crippen LogP contribution in [0.1, 0.15) is 11.1 Å². The lowest BCUT2D eigenvalue weighted by molar-refractivity contribution is -0.138. The molecule has 2 aromatic heterocycles. The molecule has 11 heteroatoms. The molecular weight excluding hydrogens is 405 g/mol. The summed E-state index contributed by atoms with van der Waals surface area (Å²) < 4.78 is 40.6. The number of carbonyl (C=O) groups excluding carboxylic acids is 1. The predicted octanol–water partition coefficient (Wildman–Crippen LogP) is 3.10. The number of aromatic nitrogens is 5. The number of hydrogen-bond acceptors (Lipinski definition) is 6. The van der Waals surface area contributed by atoms with Gasteiger partial charge in [0.15, 0.2) is 10.8 Å². The van der Waals surface area contributed by atoms with Crippen molar-refractivity contribution in [2.24, 2.45) is 0 Å². The van der Waals surface area contributed by atoms with Crippen LogP contribution in [0.2, 0.25) is 0 Å². The van der Waals surface area contributed by atoms with E-state index in [1.165, 1.54) is 22.7 Å². The minimum atomic E-state index is -4.48. The molecule has 0 unspecified atom stereocenters. The number of amides is 1. The Hall–Kier alpha value is -3.21. The molecule has 0 fully saturated rings. The minimum Gasteiger partial charge on any atom is -0.351 e. The zero-order valence-electron chi connectivity index (χ0n) is 14.7. The van der Waals surface area contributed by atoms with E-state index in [1.54, 1.807) is 0 Å². The van der Waals surface area contributed by atoms with Crippen molar-refractivity contribution in [2.75, 3.05) is 5.75 Å². The van der Waals surface area contributed by atoms with Crippen molar-refractivity contribution in [1.29, 1.82) is 0 Å². The van der Waals surface area contributed by atoms with E-state index >= 15 is 0 Å². The summed E-state index contributed by atoms with van der Waals surface area (Å²) in [5.41, 5.74) is 0.430. The Kier molecular flexibility index (Phi) is 5.05. The Morgan fingerprint density at radius 3 is 2.69 bits per heavy atom. The van der Waals surface area contributed by atoms with Crippen molar-refractivity contribution in [1.82, 2.24) is 30.3 Å². The molecule has 0 atom stereocenters. The first-order chi connectivity index (χ1) is 13.9. The molecule has 0 aliphatic heterocycles. The molecule has 0 saturated heterocycles. The first-order valence-electron chi connectivity index (χ1n) is 8.45. The second-order valence-electron chi connectivity index (χ2n) is 6.05. The molecule has 4 rings (SSSR count). The van der Waals surface area contributed by atoms with Crippen molar-refractivity contribution < 1.29 is 18.0 Å². The highest BCUT2D eigenvalue weighted by Gasteiger charge is 2.32. The first kappa shape index (κ1) is 19.1. The van der Waals surface area contributed by atoms with Gasteiger partial charge in [-0.25, -0.2) is 4.98 Å². The zero-order chi connectivity index (χ0) is 20.4. The number of halogens is 3. The maximum atomic E-state index is 13.0. The average Bonchev–Trinajstić information content (AvgIpc) is 3.20. The van der Waals surface area contributed by atoms with Gasteiger partial charge in [-0.1, -0.05) is 42.1 Å². The number of thioether (sulfide) groups is 1. The topological polar surface area (TPSA) is 85.1 Å². The predicted molar refractivity (Wildman–Crippen MR) is 100 cm³/mol. The summed E-state index contributed by atoms with van der Waals surface area (Å²) in [7, 11) is 0. The lowest BCUT2D eigenvalue weighted by Crippen LogP contribution is -2.26. The molecule has 7 nitrogen and oxygen atoms in total. The molecule has 2 aromatic carbocycles. The van der Waals surface area contributed by atoms with E-state index in [0.29, 0.717) is 16.3 Å². The number of tetrazole rings is 1. The van der Waals surface area contributed by atoms with Gasteiger partial charge in [0.2, 0.25) is 5.91 Å². The molecule has 0 saturated carbocycles. The highest BCUT2D eigenvalue weighted by atomic mass is 32.2. The molecule has 2 heterocycles. The maximum Gasteiger partial charge on any atom is 0.416 e. The van der Waals surface area contributed by atoms with Gasteiger partial charge in [-0.15, -0.1) is 5.10 Å². The number of para-hydroxylation sites is 1. The van der Waals surface area contributed by atoms with E-state index in [-0.39, 0.29) is 17.9 Å². The SMILES string of the molecule is O=C(CSc1nc2ccccc2c2nnnn12)NCc1ccccc1C(F)(F)F. The summed E-state index contributed by atoms with van der Waals surface area (Å²) in [5, 5.41) is 15.2. The summed E-state index contributed by atoms with van der Waals surface area (Å²) in [6.45, 7) is -0.222. The Morgan fingerprint density at radius 2 is 1.86 bits per heavy atom.